The number of nitrogens with zero attached hydrogens (tertiary/aromatic N) is 2. The molecule has 2 rings (SSSR count). The minimum atomic E-state index is 0.182. The summed E-state index contributed by atoms with van der Waals surface area (Å²) in [5.74, 6) is 1.65. The zero-order chi connectivity index (χ0) is 13.7. The van der Waals surface area contributed by atoms with E-state index >= 15 is 0 Å². The summed E-state index contributed by atoms with van der Waals surface area (Å²) in [4.78, 5) is 8.69. The van der Waals surface area contributed by atoms with Crippen molar-refractivity contribution in [3.63, 3.8) is 0 Å². The fourth-order valence-corrected chi connectivity index (χ4v) is 1.79. The number of rotatable bonds is 5. The Kier molecular flexibility index (Phi) is 4.47. The van der Waals surface area contributed by atoms with Crippen molar-refractivity contribution in [3.8, 4) is 17.0 Å². The van der Waals surface area contributed by atoms with Crippen LogP contribution in [-0.4, -0.2) is 22.6 Å². The van der Waals surface area contributed by atoms with Gasteiger partial charge in [-0.1, -0.05) is 0 Å². The summed E-state index contributed by atoms with van der Waals surface area (Å²) in [5.41, 5.74) is 7.48. The predicted octanol–water partition coefficient (Wildman–Crippen LogP) is 2.43. The summed E-state index contributed by atoms with van der Waals surface area (Å²) in [6.45, 7) is 4.58. The molecule has 0 unspecified atom stereocenters. The van der Waals surface area contributed by atoms with E-state index in [1.54, 1.807) is 6.20 Å². The molecule has 2 aromatic rings. The largest absolute Gasteiger partial charge is 0.491 e. The summed E-state index contributed by atoms with van der Waals surface area (Å²) in [6, 6.07) is 9.83. The van der Waals surface area contributed by atoms with Gasteiger partial charge in [-0.15, -0.1) is 0 Å². The molecular formula is C15H19N3O. The Morgan fingerprint density at radius 2 is 1.89 bits per heavy atom. The second-order valence-electron chi connectivity index (χ2n) is 4.59. The molecule has 0 atom stereocenters. The molecule has 19 heavy (non-hydrogen) atoms. The highest BCUT2D eigenvalue weighted by Gasteiger charge is 2.03. The Labute approximate surface area is 113 Å². The van der Waals surface area contributed by atoms with Crippen LogP contribution in [0, 0.1) is 0 Å². The first-order valence-electron chi connectivity index (χ1n) is 6.48. The quantitative estimate of drug-likeness (QED) is 0.893. The topological polar surface area (TPSA) is 61.0 Å². The highest BCUT2D eigenvalue weighted by Crippen LogP contribution is 2.21. The van der Waals surface area contributed by atoms with Gasteiger partial charge in [0, 0.05) is 18.2 Å². The fraction of sp³-hybridized carbons (Fsp3) is 0.333. The molecule has 4 nitrogen and oxygen atoms in total. The normalized spacial score (nSPS) is 10.7. The molecule has 0 saturated carbocycles. The molecule has 0 aliphatic rings. The van der Waals surface area contributed by atoms with Crippen molar-refractivity contribution in [2.24, 2.45) is 5.73 Å². The third-order valence-corrected chi connectivity index (χ3v) is 2.60. The first-order chi connectivity index (χ1) is 9.19. The van der Waals surface area contributed by atoms with E-state index in [1.807, 2.05) is 44.2 Å². The van der Waals surface area contributed by atoms with Crippen molar-refractivity contribution in [2.75, 3.05) is 6.54 Å². The van der Waals surface area contributed by atoms with Crippen LogP contribution in [-0.2, 0) is 6.42 Å². The van der Waals surface area contributed by atoms with Crippen LogP contribution in [0.4, 0.5) is 0 Å². The maximum absolute atomic E-state index is 5.62. The van der Waals surface area contributed by atoms with Crippen molar-refractivity contribution in [1.29, 1.82) is 0 Å². The zero-order valence-corrected chi connectivity index (χ0v) is 11.3. The van der Waals surface area contributed by atoms with Gasteiger partial charge < -0.3 is 10.5 Å². The van der Waals surface area contributed by atoms with Gasteiger partial charge in [0.15, 0.2) is 0 Å². The third kappa shape index (κ3) is 3.76. The van der Waals surface area contributed by atoms with Gasteiger partial charge >= 0.3 is 0 Å². The summed E-state index contributed by atoms with van der Waals surface area (Å²) in [6.07, 6.45) is 2.65. The average molecular weight is 257 g/mol. The monoisotopic (exact) mass is 257 g/mol. The molecule has 0 radical (unpaired) electrons. The van der Waals surface area contributed by atoms with Crippen molar-refractivity contribution in [1.82, 2.24) is 9.97 Å². The molecule has 1 aromatic heterocycles. The van der Waals surface area contributed by atoms with Crippen LogP contribution in [0.25, 0.3) is 11.3 Å². The molecule has 0 spiro atoms. The Hall–Kier alpha value is -1.94. The van der Waals surface area contributed by atoms with E-state index in [0.717, 1.165) is 22.8 Å². The first-order valence-corrected chi connectivity index (χ1v) is 6.48. The SMILES string of the molecule is CC(C)Oc1ccc(-c2ccnc(CCN)n2)cc1. The highest BCUT2D eigenvalue weighted by molar-refractivity contribution is 5.59. The van der Waals surface area contributed by atoms with Crippen molar-refractivity contribution in [2.45, 2.75) is 26.4 Å². The lowest BCUT2D eigenvalue weighted by molar-refractivity contribution is 0.242. The van der Waals surface area contributed by atoms with Gasteiger partial charge in [-0.25, -0.2) is 9.97 Å². The molecular weight excluding hydrogens is 238 g/mol. The molecule has 0 aliphatic heterocycles. The average Bonchev–Trinajstić information content (AvgIpc) is 2.40. The molecule has 100 valence electrons. The van der Waals surface area contributed by atoms with Gasteiger partial charge in [-0.2, -0.15) is 0 Å². The highest BCUT2D eigenvalue weighted by atomic mass is 16.5. The first kappa shape index (κ1) is 13.5. The van der Waals surface area contributed by atoms with Crippen molar-refractivity contribution < 1.29 is 4.74 Å². The predicted molar refractivity (Wildman–Crippen MR) is 76.0 cm³/mol. The maximum atomic E-state index is 5.62. The lowest BCUT2D eigenvalue weighted by atomic mass is 10.1. The van der Waals surface area contributed by atoms with Crippen LogP contribution in [0.1, 0.15) is 19.7 Å². The molecule has 0 fully saturated rings. The van der Waals surface area contributed by atoms with Crippen LogP contribution in [0.3, 0.4) is 0 Å². The zero-order valence-electron chi connectivity index (χ0n) is 11.3. The Morgan fingerprint density at radius 1 is 1.16 bits per heavy atom. The minimum absolute atomic E-state index is 0.182. The summed E-state index contributed by atoms with van der Waals surface area (Å²) < 4.78 is 5.62. The molecule has 1 aromatic carbocycles. The van der Waals surface area contributed by atoms with Gasteiger partial charge in [0.1, 0.15) is 11.6 Å². The number of aromatic nitrogens is 2. The number of ether oxygens (including phenoxy) is 1. The van der Waals surface area contributed by atoms with Gasteiger partial charge in [-0.3, -0.25) is 0 Å². The van der Waals surface area contributed by atoms with E-state index in [0.29, 0.717) is 13.0 Å². The molecule has 0 saturated heterocycles. The molecule has 4 heteroatoms. The fourth-order valence-electron chi connectivity index (χ4n) is 1.79. The van der Waals surface area contributed by atoms with Gasteiger partial charge in [0.05, 0.1) is 11.8 Å². The molecule has 0 amide bonds. The Morgan fingerprint density at radius 3 is 2.53 bits per heavy atom. The van der Waals surface area contributed by atoms with Crippen LogP contribution >= 0.6 is 0 Å². The Bertz CT molecular complexity index is 523. The molecule has 2 N–H and O–H groups in total. The van der Waals surface area contributed by atoms with Crippen LogP contribution in [0.15, 0.2) is 36.5 Å². The lowest BCUT2D eigenvalue weighted by Crippen LogP contribution is -2.06. The summed E-state index contributed by atoms with van der Waals surface area (Å²) in [5, 5.41) is 0. The minimum Gasteiger partial charge on any atom is -0.491 e. The summed E-state index contributed by atoms with van der Waals surface area (Å²) in [7, 11) is 0. The lowest BCUT2D eigenvalue weighted by Gasteiger charge is -2.10. The Balaban J connectivity index is 2.19. The van der Waals surface area contributed by atoms with Crippen LogP contribution in [0.5, 0.6) is 5.75 Å². The second-order valence-corrected chi connectivity index (χ2v) is 4.59. The number of nitrogens with two attached hydrogens (primary N) is 1. The van der Waals surface area contributed by atoms with E-state index < -0.39 is 0 Å². The maximum Gasteiger partial charge on any atom is 0.130 e. The third-order valence-electron chi connectivity index (χ3n) is 2.60. The molecule has 1 heterocycles. The van der Waals surface area contributed by atoms with E-state index in [4.69, 9.17) is 10.5 Å². The molecule has 0 bridgehead atoms. The van der Waals surface area contributed by atoms with Gasteiger partial charge in [-0.05, 0) is 50.7 Å². The molecule has 0 aliphatic carbocycles. The number of hydrogen-bond acceptors (Lipinski definition) is 4. The number of benzene rings is 1. The van der Waals surface area contributed by atoms with Gasteiger partial charge in [0.2, 0.25) is 0 Å². The van der Waals surface area contributed by atoms with Crippen molar-refractivity contribution >= 4 is 0 Å². The van der Waals surface area contributed by atoms with E-state index in [2.05, 4.69) is 9.97 Å². The van der Waals surface area contributed by atoms with E-state index in [9.17, 15) is 0 Å². The van der Waals surface area contributed by atoms with Gasteiger partial charge in [0.25, 0.3) is 0 Å². The van der Waals surface area contributed by atoms with E-state index in [-0.39, 0.29) is 6.10 Å². The van der Waals surface area contributed by atoms with Crippen molar-refractivity contribution in [3.05, 3.63) is 42.4 Å². The number of hydrogen-bond donors (Lipinski definition) is 1. The second kappa shape index (κ2) is 6.29. The summed E-state index contributed by atoms with van der Waals surface area (Å²) >= 11 is 0. The standard InChI is InChI=1S/C15H19N3O/c1-11(2)19-13-5-3-12(4-6-13)14-8-10-17-15(18-14)7-9-16/h3-6,8,10-11H,7,9,16H2,1-2H3. The van der Waals surface area contributed by atoms with Crippen LogP contribution in [0.2, 0.25) is 0 Å². The van der Waals surface area contributed by atoms with Crippen LogP contribution < -0.4 is 10.5 Å². The van der Waals surface area contributed by atoms with E-state index in [1.165, 1.54) is 0 Å². The smallest absolute Gasteiger partial charge is 0.130 e.